The highest BCUT2D eigenvalue weighted by atomic mass is 31.2. The van der Waals surface area contributed by atoms with Crippen LogP contribution >= 0.6 is 8.38 Å². The number of aryl methyl sites for hydroxylation is 1. The van der Waals surface area contributed by atoms with E-state index in [4.69, 9.17) is 13.8 Å². The van der Waals surface area contributed by atoms with Crippen LogP contribution in [-0.2, 0) is 19.3 Å². The highest BCUT2D eigenvalue weighted by molar-refractivity contribution is 7.47. The molecule has 0 N–H and O–H groups in total. The molecule has 0 saturated carbocycles. The van der Waals surface area contributed by atoms with Crippen molar-refractivity contribution in [3.8, 4) is 5.75 Å². The average Bonchev–Trinajstić information content (AvgIpc) is 2.58. The third kappa shape index (κ3) is 9.69. The molecule has 154 valence electrons. The lowest BCUT2D eigenvalue weighted by atomic mass is 9.86. The summed E-state index contributed by atoms with van der Waals surface area (Å²) in [4.78, 5) is 12.3. The molecule has 5 heteroatoms. The number of benzene rings is 1. The first-order valence-electron chi connectivity index (χ1n) is 10.1. The highest BCUT2D eigenvalue weighted by Crippen LogP contribution is 2.39. The molecule has 0 aliphatic heterocycles. The van der Waals surface area contributed by atoms with Gasteiger partial charge in [0.15, 0.2) is 8.38 Å². The largest absolute Gasteiger partial charge is 0.426 e. The summed E-state index contributed by atoms with van der Waals surface area (Å²) in [5.41, 5.74) is 2.03. The Labute approximate surface area is 166 Å². The van der Waals surface area contributed by atoms with Crippen molar-refractivity contribution >= 4 is 14.3 Å². The Morgan fingerprint density at radius 3 is 2.33 bits per heavy atom. The molecule has 0 aromatic heterocycles. The van der Waals surface area contributed by atoms with Crippen molar-refractivity contribution in [3.63, 3.8) is 0 Å². The van der Waals surface area contributed by atoms with Gasteiger partial charge in [0.25, 0.3) is 0 Å². The van der Waals surface area contributed by atoms with Crippen LogP contribution in [0.5, 0.6) is 5.75 Å². The van der Waals surface area contributed by atoms with E-state index < -0.39 is 8.38 Å². The molecule has 0 saturated heterocycles. The fraction of sp³-hybridized carbons (Fsp3) is 0.682. The van der Waals surface area contributed by atoms with Crippen LogP contribution in [0.25, 0.3) is 0 Å². The summed E-state index contributed by atoms with van der Waals surface area (Å²) in [6.45, 7) is 13.7. The van der Waals surface area contributed by atoms with Crippen LogP contribution in [0.1, 0.15) is 77.8 Å². The summed E-state index contributed by atoms with van der Waals surface area (Å²) in [7, 11) is -0.906. The van der Waals surface area contributed by atoms with Crippen LogP contribution in [0, 0.1) is 6.92 Å². The average molecular weight is 397 g/mol. The predicted octanol–water partition coefficient (Wildman–Crippen LogP) is 6.53. The number of unbranched alkanes of at least 4 members (excludes halogenated alkanes) is 2. The third-order valence-corrected chi connectivity index (χ3v) is 5.76. The molecule has 0 bridgehead atoms. The molecule has 0 fully saturated rings. The number of hydrogen-bond acceptors (Lipinski definition) is 4. The Morgan fingerprint density at radius 2 is 1.70 bits per heavy atom. The van der Waals surface area contributed by atoms with E-state index in [9.17, 15) is 4.79 Å². The van der Waals surface area contributed by atoms with E-state index in [1.165, 1.54) is 0 Å². The summed E-state index contributed by atoms with van der Waals surface area (Å²) < 4.78 is 17.4. The van der Waals surface area contributed by atoms with Crippen LogP contribution in [0.15, 0.2) is 18.2 Å². The van der Waals surface area contributed by atoms with Gasteiger partial charge in [-0.2, -0.15) is 0 Å². The molecule has 1 aromatic rings. The van der Waals surface area contributed by atoms with Crippen LogP contribution in [0.3, 0.4) is 0 Å². The molecular formula is C22H37O4P. The SMILES string of the molecule is CCCCOP(CCCC)OCCC(=O)Oc1cc(C)ccc1C(C)(C)C. The van der Waals surface area contributed by atoms with Crippen molar-refractivity contribution in [3.05, 3.63) is 29.3 Å². The first kappa shape index (κ1) is 24.1. The molecule has 1 atom stereocenters. The number of carbonyl (C=O) groups excluding carboxylic acids is 1. The maximum Gasteiger partial charge on any atom is 0.313 e. The molecule has 1 unspecified atom stereocenters. The van der Waals surface area contributed by atoms with E-state index in [1.54, 1.807) is 0 Å². The lowest BCUT2D eigenvalue weighted by Crippen LogP contribution is -2.17. The quantitative estimate of drug-likeness (QED) is 0.174. The zero-order chi connectivity index (χ0) is 20.3. The van der Waals surface area contributed by atoms with Gasteiger partial charge in [-0.25, -0.2) is 0 Å². The minimum Gasteiger partial charge on any atom is -0.426 e. The van der Waals surface area contributed by atoms with E-state index in [0.717, 1.165) is 49.6 Å². The summed E-state index contributed by atoms with van der Waals surface area (Å²) in [6, 6.07) is 6.02. The minimum absolute atomic E-state index is 0.0819. The number of hydrogen-bond donors (Lipinski definition) is 0. The molecule has 1 aromatic carbocycles. The number of rotatable bonds is 12. The Morgan fingerprint density at radius 1 is 1.04 bits per heavy atom. The van der Waals surface area contributed by atoms with Gasteiger partial charge < -0.3 is 13.8 Å². The minimum atomic E-state index is -0.906. The molecule has 4 nitrogen and oxygen atoms in total. The topological polar surface area (TPSA) is 44.8 Å². The van der Waals surface area contributed by atoms with E-state index in [2.05, 4.69) is 40.7 Å². The molecule has 0 aliphatic carbocycles. The standard InChI is InChI=1S/C22H37O4P/c1-7-9-14-24-27(16-10-8-2)25-15-13-21(23)26-20-17-18(3)11-12-19(20)22(4,5)6/h11-12,17H,7-10,13-16H2,1-6H3. The number of carbonyl (C=O) groups is 1. The molecule has 0 radical (unpaired) electrons. The van der Waals surface area contributed by atoms with Crippen molar-refractivity contribution in [1.82, 2.24) is 0 Å². The van der Waals surface area contributed by atoms with Crippen LogP contribution < -0.4 is 4.74 Å². The zero-order valence-electron chi connectivity index (χ0n) is 18.0. The fourth-order valence-electron chi connectivity index (χ4n) is 2.50. The van der Waals surface area contributed by atoms with Crippen molar-refractivity contribution in [2.24, 2.45) is 0 Å². The Bertz CT molecular complexity index is 566. The van der Waals surface area contributed by atoms with Crippen molar-refractivity contribution in [2.45, 2.75) is 79.1 Å². The van der Waals surface area contributed by atoms with Gasteiger partial charge in [0.2, 0.25) is 0 Å². The van der Waals surface area contributed by atoms with Gasteiger partial charge in [0.1, 0.15) is 5.75 Å². The second kappa shape index (κ2) is 12.5. The lowest BCUT2D eigenvalue weighted by Gasteiger charge is -2.22. The van der Waals surface area contributed by atoms with Crippen LogP contribution in [0.2, 0.25) is 0 Å². The maximum atomic E-state index is 12.3. The highest BCUT2D eigenvalue weighted by Gasteiger charge is 2.21. The predicted molar refractivity (Wildman–Crippen MR) is 114 cm³/mol. The van der Waals surface area contributed by atoms with Gasteiger partial charge in [-0.3, -0.25) is 4.79 Å². The molecular weight excluding hydrogens is 359 g/mol. The van der Waals surface area contributed by atoms with E-state index in [-0.39, 0.29) is 17.8 Å². The molecule has 0 heterocycles. The summed E-state index contributed by atoms with van der Waals surface area (Å²) in [6.07, 6.45) is 5.51. The zero-order valence-corrected chi connectivity index (χ0v) is 18.9. The third-order valence-electron chi connectivity index (χ3n) is 4.14. The normalized spacial score (nSPS) is 12.8. The van der Waals surface area contributed by atoms with Gasteiger partial charge >= 0.3 is 5.97 Å². The summed E-state index contributed by atoms with van der Waals surface area (Å²) in [5, 5.41) is 0. The van der Waals surface area contributed by atoms with Gasteiger partial charge in [0, 0.05) is 11.7 Å². The lowest BCUT2D eigenvalue weighted by molar-refractivity contribution is -0.135. The fourth-order valence-corrected chi connectivity index (χ4v) is 4.04. The number of ether oxygens (including phenoxy) is 1. The van der Waals surface area contributed by atoms with Gasteiger partial charge in [-0.05, 0) is 36.8 Å². The Balaban J connectivity index is 2.55. The molecule has 0 spiro atoms. The first-order valence-corrected chi connectivity index (χ1v) is 11.5. The molecule has 0 amide bonds. The van der Waals surface area contributed by atoms with Crippen molar-refractivity contribution in [1.29, 1.82) is 0 Å². The summed E-state index contributed by atoms with van der Waals surface area (Å²) in [5.74, 6) is 0.394. The van der Waals surface area contributed by atoms with Crippen molar-refractivity contribution in [2.75, 3.05) is 19.4 Å². The van der Waals surface area contributed by atoms with Gasteiger partial charge in [-0.1, -0.05) is 59.6 Å². The molecule has 1 rings (SSSR count). The maximum absolute atomic E-state index is 12.3. The molecule has 27 heavy (non-hydrogen) atoms. The van der Waals surface area contributed by atoms with Crippen LogP contribution in [0.4, 0.5) is 0 Å². The van der Waals surface area contributed by atoms with Crippen molar-refractivity contribution < 1.29 is 18.6 Å². The first-order chi connectivity index (χ1) is 12.8. The van der Waals surface area contributed by atoms with Gasteiger partial charge in [0.05, 0.1) is 19.6 Å². The van der Waals surface area contributed by atoms with E-state index >= 15 is 0 Å². The monoisotopic (exact) mass is 396 g/mol. The van der Waals surface area contributed by atoms with E-state index in [0.29, 0.717) is 12.4 Å². The second-order valence-electron chi connectivity index (χ2n) is 7.90. The second-order valence-corrected chi connectivity index (χ2v) is 9.53. The van der Waals surface area contributed by atoms with Gasteiger partial charge in [-0.15, -0.1) is 0 Å². The summed E-state index contributed by atoms with van der Waals surface area (Å²) >= 11 is 0. The number of esters is 1. The smallest absolute Gasteiger partial charge is 0.313 e. The van der Waals surface area contributed by atoms with E-state index in [1.807, 2.05) is 19.1 Å². The Kier molecular flexibility index (Phi) is 11.1. The Hall–Kier alpha value is -0.960. The molecule has 0 aliphatic rings. The van der Waals surface area contributed by atoms with Crippen LogP contribution in [-0.4, -0.2) is 25.3 Å².